The largest absolute Gasteiger partial charge is 0.382 e. The van der Waals surface area contributed by atoms with Gasteiger partial charge in [0, 0.05) is 18.8 Å². The molecule has 0 spiro atoms. The van der Waals surface area contributed by atoms with Crippen LogP contribution in [0.15, 0.2) is 0 Å². The Morgan fingerprint density at radius 2 is 2.11 bits per heavy atom. The minimum absolute atomic E-state index is 0.0128. The third-order valence-electron chi connectivity index (χ3n) is 2.37. The lowest BCUT2D eigenvalue weighted by Crippen LogP contribution is -2.41. The number of rotatable bonds is 4. The molecule has 0 aliphatic carbocycles. The van der Waals surface area contributed by atoms with Gasteiger partial charge in [0.1, 0.15) is 5.56 Å². The van der Waals surface area contributed by atoms with E-state index in [-0.39, 0.29) is 30.2 Å². The molecule has 0 radical (unpaired) electrons. The molecule has 0 saturated carbocycles. The Morgan fingerprint density at radius 1 is 1.50 bits per heavy atom. The zero-order chi connectivity index (χ0) is 13.9. The van der Waals surface area contributed by atoms with E-state index in [1.54, 1.807) is 14.0 Å². The zero-order valence-corrected chi connectivity index (χ0v) is 11.1. The second kappa shape index (κ2) is 5.52. The Bertz CT molecular complexity index is 433. The van der Waals surface area contributed by atoms with Crippen molar-refractivity contribution in [2.24, 2.45) is 0 Å². The maximum Gasteiger partial charge on any atom is 0.259 e. The number of anilines is 1. The molecule has 4 N–H and O–H groups in total. The molecule has 0 aliphatic rings. The number of hydrogen-bond donors (Lipinski definition) is 3. The van der Waals surface area contributed by atoms with Crippen molar-refractivity contribution in [3.8, 4) is 0 Å². The van der Waals surface area contributed by atoms with Crippen molar-refractivity contribution < 1.29 is 9.59 Å². The van der Waals surface area contributed by atoms with Gasteiger partial charge in [-0.3, -0.25) is 14.7 Å². The fourth-order valence-corrected chi connectivity index (χ4v) is 1.56. The van der Waals surface area contributed by atoms with Crippen molar-refractivity contribution in [3.05, 3.63) is 11.3 Å². The summed E-state index contributed by atoms with van der Waals surface area (Å²) in [5, 5.41) is 9.10. The second-order valence-corrected chi connectivity index (χ2v) is 4.49. The lowest BCUT2D eigenvalue weighted by Gasteiger charge is -2.17. The average Bonchev–Trinajstić information content (AvgIpc) is 2.56. The molecule has 0 bridgehead atoms. The molecule has 2 amide bonds. The van der Waals surface area contributed by atoms with Crippen LogP contribution < -0.4 is 11.1 Å². The van der Waals surface area contributed by atoms with Gasteiger partial charge < -0.3 is 16.0 Å². The minimum Gasteiger partial charge on any atom is -0.382 e. The number of aromatic nitrogens is 2. The number of carbonyl (C=O) groups is 2. The highest BCUT2D eigenvalue weighted by atomic mass is 16.2. The molecular formula is C11H19N5O2. The first-order valence-electron chi connectivity index (χ1n) is 5.68. The molecule has 0 atom stereocenters. The molecule has 1 aromatic heterocycles. The van der Waals surface area contributed by atoms with E-state index >= 15 is 0 Å². The number of nitrogens with two attached hydrogens (primary N) is 1. The summed E-state index contributed by atoms with van der Waals surface area (Å²) in [4.78, 5) is 24.9. The van der Waals surface area contributed by atoms with Crippen molar-refractivity contribution >= 4 is 17.6 Å². The van der Waals surface area contributed by atoms with Crippen LogP contribution in [-0.2, 0) is 4.79 Å². The summed E-state index contributed by atoms with van der Waals surface area (Å²) >= 11 is 0. The predicted octanol–water partition coefficient (Wildman–Crippen LogP) is -0.103. The maximum atomic E-state index is 12.1. The van der Waals surface area contributed by atoms with Crippen LogP contribution in [-0.4, -0.2) is 46.5 Å². The molecule has 1 aromatic rings. The number of amides is 2. The van der Waals surface area contributed by atoms with E-state index in [2.05, 4.69) is 15.5 Å². The van der Waals surface area contributed by atoms with Gasteiger partial charge in [-0.1, -0.05) is 0 Å². The first kappa shape index (κ1) is 14.0. The van der Waals surface area contributed by atoms with Crippen molar-refractivity contribution in [1.82, 2.24) is 20.4 Å². The smallest absolute Gasteiger partial charge is 0.259 e. The predicted molar refractivity (Wildman–Crippen MR) is 68.0 cm³/mol. The summed E-state index contributed by atoms with van der Waals surface area (Å²) in [6.07, 6.45) is 0. The van der Waals surface area contributed by atoms with Crippen molar-refractivity contribution in [3.63, 3.8) is 0 Å². The quantitative estimate of drug-likeness (QED) is 0.696. The number of likely N-dealkylation sites (N-methyl/N-ethyl adjacent to an activating group) is 1. The standard InChI is InChI=1S/C11H19N5O2/c1-6(2)13-8(17)5-16(4)11(18)9-7(3)14-15-10(9)12/h6H,5H2,1-4H3,(H,13,17)(H3,12,14,15). The fraction of sp³-hybridized carbons (Fsp3) is 0.545. The van der Waals surface area contributed by atoms with Gasteiger partial charge in [-0.05, 0) is 20.8 Å². The summed E-state index contributed by atoms with van der Waals surface area (Å²) < 4.78 is 0. The van der Waals surface area contributed by atoms with Crippen molar-refractivity contribution in [2.75, 3.05) is 19.3 Å². The van der Waals surface area contributed by atoms with Crippen LogP contribution >= 0.6 is 0 Å². The molecule has 1 rings (SSSR count). The molecule has 1 heterocycles. The van der Waals surface area contributed by atoms with E-state index < -0.39 is 0 Å². The first-order valence-corrected chi connectivity index (χ1v) is 5.68. The summed E-state index contributed by atoms with van der Waals surface area (Å²) in [6, 6.07) is 0.0433. The minimum atomic E-state index is -0.322. The van der Waals surface area contributed by atoms with Crippen LogP contribution in [0.2, 0.25) is 0 Å². The van der Waals surface area contributed by atoms with Crippen molar-refractivity contribution in [2.45, 2.75) is 26.8 Å². The van der Waals surface area contributed by atoms with Crippen molar-refractivity contribution in [1.29, 1.82) is 0 Å². The van der Waals surface area contributed by atoms with Gasteiger partial charge in [0.2, 0.25) is 5.91 Å². The van der Waals surface area contributed by atoms with Crippen LogP contribution in [0.1, 0.15) is 29.9 Å². The highest BCUT2D eigenvalue weighted by molar-refractivity contribution is 6.00. The molecular weight excluding hydrogens is 234 g/mol. The summed E-state index contributed by atoms with van der Waals surface area (Å²) in [5.41, 5.74) is 6.51. The van der Waals surface area contributed by atoms with Gasteiger partial charge in [0.05, 0.1) is 6.54 Å². The highest BCUT2D eigenvalue weighted by Crippen LogP contribution is 2.14. The molecule has 0 saturated heterocycles. The monoisotopic (exact) mass is 253 g/mol. The summed E-state index contributed by atoms with van der Waals surface area (Å²) in [5.74, 6) is -0.383. The van der Waals surface area contributed by atoms with E-state index in [0.717, 1.165) is 0 Å². The SMILES string of the molecule is Cc1[nH]nc(N)c1C(=O)N(C)CC(=O)NC(C)C. The number of nitrogen functional groups attached to an aromatic ring is 1. The molecule has 7 nitrogen and oxygen atoms in total. The summed E-state index contributed by atoms with van der Waals surface area (Å²) in [6.45, 7) is 5.41. The highest BCUT2D eigenvalue weighted by Gasteiger charge is 2.21. The number of aryl methyl sites for hydroxylation is 1. The van der Waals surface area contributed by atoms with E-state index in [1.807, 2.05) is 13.8 Å². The van der Waals surface area contributed by atoms with Gasteiger partial charge >= 0.3 is 0 Å². The number of H-pyrrole nitrogens is 1. The third kappa shape index (κ3) is 3.22. The van der Waals surface area contributed by atoms with E-state index in [1.165, 1.54) is 4.90 Å². The number of nitrogens with one attached hydrogen (secondary N) is 2. The van der Waals surface area contributed by atoms with E-state index in [9.17, 15) is 9.59 Å². The third-order valence-corrected chi connectivity index (χ3v) is 2.37. The van der Waals surface area contributed by atoms with Crippen LogP contribution in [0.5, 0.6) is 0 Å². The lowest BCUT2D eigenvalue weighted by molar-refractivity contribution is -0.122. The Balaban J connectivity index is 2.71. The molecule has 18 heavy (non-hydrogen) atoms. The average molecular weight is 253 g/mol. The van der Waals surface area contributed by atoms with Crippen LogP contribution in [0.4, 0.5) is 5.82 Å². The van der Waals surface area contributed by atoms with Crippen LogP contribution in [0.3, 0.4) is 0 Å². The van der Waals surface area contributed by atoms with E-state index in [0.29, 0.717) is 11.3 Å². The molecule has 7 heteroatoms. The van der Waals surface area contributed by atoms with Gasteiger partial charge in [-0.2, -0.15) is 5.10 Å². The Hall–Kier alpha value is -2.05. The number of carbonyl (C=O) groups excluding carboxylic acids is 2. The van der Waals surface area contributed by atoms with Crippen LogP contribution in [0.25, 0.3) is 0 Å². The van der Waals surface area contributed by atoms with E-state index in [4.69, 9.17) is 5.73 Å². The Labute approximate surface area is 106 Å². The number of nitrogens with zero attached hydrogens (tertiary/aromatic N) is 2. The van der Waals surface area contributed by atoms with Gasteiger partial charge in [0.15, 0.2) is 5.82 Å². The second-order valence-electron chi connectivity index (χ2n) is 4.49. The topological polar surface area (TPSA) is 104 Å². The van der Waals surface area contributed by atoms with Gasteiger partial charge in [-0.15, -0.1) is 0 Å². The molecule has 0 unspecified atom stereocenters. The first-order chi connectivity index (χ1) is 8.32. The number of hydrogen-bond acceptors (Lipinski definition) is 4. The Kier molecular flexibility index (Phi) is 4.30. The molecule has 0 aliphatic heterocycles. The summed E-state index contributed by atoms with van der Waals surface area (Å²) in [7, 11) is 1.55. The number of aromatic amines is 1. The normalized spacial score (nSPS) is 10.5. The molecule has 0 fully saturated rings. The maximum absolute atomic E-state index is 12.1. The zero-order valence-electron chi connectivity index (χ0n) is 11.1. The molecule has 0 aromatic carbocycles. The van der Waals surface area contributed by atoms with Gasteiger partial charge in [-0.25, -0.2) is 0 Å². The lowest BCUT2D eigenvalue weighted by atomic mass is 10.2. The fourth-order valence-electron chi connectivity index (χ4n) is 1.56. The molecule has 100 valence electrons. The van der Waals surface area contributed by atoms with Gasteiger partial charge in [0.25, 0.3) is 5.91 Å². The Morgan fingerprint density at radius 3 is 2.56 bits per heavy atom. The van der Waals surface area contributed by atoms with Crippen LogP contribution in [0, 0.1) is 6.92 Å².